The lowest BCUT2D eigenvalue weighted by molar-refractivity contribution is -0.127. The molecule has 1 aliphatic heterocycles. The number of benzene rings is 2. The number of hydrogen-bond donors (Lipinski definition) is 0. The number of amides is 2. The molecule has 0 bridgehead atoms. The molecule has 0 aliphatic carbocycles. The Bertz CT molecular complexity index is 1040. The molecule has 30 heavy (non-hydrogen) atoms. The molecule has 2 aromatic rings. The summed E-state index contributed by atoms with van der Waals surface area (Å²) in [6.45, 7) is 5.93. The topological polar surface area (TPSA) is 49.9 Å². The standard InChI is InChI=1S/C22H20Cl2N2O3S/c1-4-25-20(27)17(11-14-5-10-19(18(24)12-14)29-13(2)3)21(28)26(22(25)30)16-8-6-15(23)7-9-16/h5-13H,4H2,1-3H3/b17-11+. The lowest BCUT2D eigenvalue weighted by Crippen LogP contribution is -2.56. The normalized spacial score (nSPS) is 16.1. The van der Waals surface area contributed by atoms with E-state index in [4.69, 9.17) is 40.2 Å². The van der Waals surface area contributed by atoms with Crippen LogP contribution < -0.4 is 9.64 Å². The Labute approximate surface area is 190 Å². The number of thiocarbonyl (C=S) groups is 1. The lowest BCUT2D eigenvalue weighted by Gasteiger charge is -2.36. The first-order valence-corrected chi connectivity index (χ1v) is 10.5. The molecular formula is C22H20Cl2N2O3S. The van der Waals surface area contributed by atoms with Crippen LogP contribution in [-0.4, -0.2) is 34.5 Å². The number of nitrogens with zero attached hydrogens (tertiary/aromatic N) is 2. The molecule has 156 valence electrons. The SMILES string of the molecule is CCN1C(=O)/C(=C\c2ccc(OC(C)C)c(Cl)c2)C(=O)N(c2ccc(Cl)cc2)C1=S. The minimum absolute atomic E-state index is 0.00556. The molecule has 1 heterocycles. The number of carbonyl (C=O) groups is 2. The minimum atomic E-state index is -0.504. The van der Waals surface area contributed by atoms with Crippen molar-refractivity contribution in [2.24, 2.45) is 0 Å². The Morgan fingerprint density at radius 1 is 1.07 bits per heavy atom. The van der Waals surface area contributed by atoms with Gasteiger partial charge in [-0.2, -0.15) is 0 Å². The van der Waals surface area contributed by atoms with Crippen LogP contribution in [0.5, 0.6) is 5.75 Å². The Balaban J connectivity index is 2.03. The smallest absolute Gasteiger partial charge is 0.270 e. The van der Waals surface area contributed by atoms with E-state index < -0.39 is 11.8 Å². The van der Waals surface area contributed by atoms with Gasteiger partial charge in [0.15, 0.2) is 5.11 Å². The number of ether oxygens (including phenoxy) is 1. The summed E-state index contributed by atoms with van der Waals surface area (Å²) >= 11 is 17.7. The fourth-order valence-corrected chi connectivity index (χ4v) is 3.75. The molecule has 0 atom stereocenters. The molecule has 0 saturated carbocycles. The Hall–Kier alpha value is -2.41. The molecule has 3 rings (SSSR count). The van der Waals surface area contributed by atoms with Crippen LogP contribution in [0.25, 0.3) is 6.08 Å². The van der Waals surface area contributed by atoms with Gasteiger partial charge in [-0.15, -0.1) is 0 Å². The molecule has 2 amide bonds. The molecule has 5 nitrogen and oxygen atoms in total. The van der Waals surface area contributed by atoms with Crippen molar-refractivity contribution < 1.29 is 14.3 Å². The summed E-state index contributed by atoms with van der Waals surface area (Å²) in [5.41, 5.74) is 1.13. The second-order valence-electron chi connectivity index (χ2n) is 6.86. The Morgan fingerprint density at radius 3 is 2.30 bits per heavy atom. The van der Waals surface area contributed by atoms with Gasteiger partial charge >= 0.3 is 0 Å². The fraction of sp³-hybridized carbons (Fsp3) is 0.227. The molecule has 1 aliphatic rings. The number of rotatable bonds is 5. The van der Waals surface area contributed by atoms with Gasteiger partial charge in [-0.3, -0.25) is 19.4 Å². The summed E-state index contributed by atoms with van der Waals surface area (Å²) in [4.78, 5) is 28.9. The average molecular weight is 463 g/mol. The van der Waals surface area contributed by atoms with Crippen LogP contribution in [0.4, 0.5) is 5.69 Å². The Kier molecular flexibility index (Phi) is 6.81. The van der Waals surface area contributed by atoms with Gasteiger partial charge < -0.3 is 4.74 Å². The second-order valence-corrected chi connectivity index (χ2v) is 8.07. The molecule has 0 unspecified atom stereocenters. The minimum Gasteiger partial charge on any atom is -0.489 e. The monoisotopic (exact) mass is 462 g/mol. The van der Waals surface area contributed by atoms with E-state index in [2.05, 4.69) is 0 Å². The highest BCUT2D eigenvalue weighted by Gasteiger charge is 2.39. The molecule has 1 saturated heterocycles. The maximum Gasteiger partial charge on any atom is 0.270 e. The van der Waals surface area contributed by atoms with Crippen LogP contribution in [0.1, 0.15) is 26.3 Å². The van der Waals surface area contributed by atoms with E-state index in [-0.39, 0.29) is 16.8 Å². The summed E-state index contributed by atoms with van der Waals surface area (Å²) < 4.78 is 5.63. The van der Waals surface area contributed by atoms with Gasteiger partial charge in [0, 0.05) is 11.6 Å². The second kappa shape index (κ2) is 9.16. The molecule has 2 aromatic carbocycles. The van der Waals surface area contributed by atoms with Crippen molar-refractivity contribution in [1.29, 1.82) is 0 Å². The molecule has 0 N–H and O–H groups in total. The van der Waals surface area contributed by atoms with Crippen molar-refractivity contribution in [2.75, 3.05) is 11.4 Å². The first kappa shape index (κ1) is 22.3. The van der Waals surface area contributed by atoms with Crippen LogP contribution in [0.2, 0.25) is 10.0 Å². The largest absolute Gasteiger partial charge is 0.489 e. The van der Waals surface area contributed by atoms with E-state index in [1.54, 1.807) is 49.4 Å². The highest BCUT2D eigenvalue weighted by atomic mass is 35.5. The maximum absolute atomic E-state index is 13.2. The van der Waals surface area contributed by atoms with E-state index in [0.717, 1.165) is 0 Å². The Morgan fingerprint density at radius 2 is 1.73 bits per heavy atom. The van der Waals surface area contributed by atoms with Crippen LogP contribution in [0.15, 0.2) is 48.0 Å². The maximum atomic E-state index is 13.2. The summed E-state index contributed by atoms with van der Waals surface area (Å²) in [5, 5.41) is 1.06. The highest BCUT2D eigenvalue weighted by Crippen LogP contribution is 2.30. The summed E-state index contributed by atoms with van der Waals surface area (Å²) in [5.74, 6) is -0.415. The number of halogens is 2. The third-order valence-corrected chi connectivity index (χ3v) is 5.31. The van der Waals surface area contributed by atoms with Crippen LogP contribution >= 0.6 is 35.4 Å². The number of carbonyl (C=O) groups excluding carboxylic acids is 2. The summed E-state index contributed by atoms with van der Waals surface area (Å²) in [6, 6.07) is 11.8. The van der Waals surface area contributed by atoms with Crippen molar-refractivity contribution in [1.82, 2.24) is 4.90 Å². The van der Waals surface area contributed by atoms with E-state index in [9.17, 15) is 9.59 Å². The van der Waals surface area contributed by atoms with E-state index in [1.165, 1.54) is 15.9 Å². The van der Waals surface area contributed by atoms with Crippen LogP contribution in [0, 0.1) is 0 Å². The zero-order valence-electron chi connectivity index (χ0n) is 16.7. The predicted molar refractivity (Wildman–Crippen MR) is 124 cm³/mol. The molecular weight excluding hydrogens is 443 g/mol. The van der Waals surface area contributed by atoms with Crippen molar-refractivity contribution >= 4 is 64.1 Å². The molecule has 0 spiro atoms. The number of anilines is 1. The molecule has 0 aromatic heterocycles. The van der Waals surface area contributed by atoms with Crippen LogP contribution in [0.3, 0.4) is 0 Å². The molecule has 1 fully saturated rings. The predicted octanol–water partition coefficient (Wildman–Crippen LogP) is 5.34. The summed E-state index contributed by atoms with van der Waals surface area (Å²) in [6.07, 6.45) is 1.49. The van der Waals surface area contributed by atoms with E-state index >= 15 is 0 Å². The first-order valence-electron chi connectivity index (χ1n) is 9.36. The van der Waals surface area contributed by atoms with Crippen molar-refractivity contribution in [3.63, 3.8) is 0 Å². The quantitative estimate of drug-likeness (QED) is 0.341. The third kappa shape index (κ3) is 4.51. The van der Waals surface area contributed by atoms with Crippen molar-refractivity contribution in [3.8, 4) is 5.75 Å². The van der Waals surface area contributed by atoms with E-state index in [1.807, 2.05) is 13.8 Å². The van der Waals surface area contributed by atoms with Gasteiger partial charge in [-0.05, 0) is 81.0 Å². The summed E-state index contributed by atoms with van der Waals surface area (Å²) in [7, 11) is 0. The molecule has 8 heteroatoms. The van der Waals surface area contributed by atoms with Gasteiger partial charge in [0.05, 0.1) is 16.8 Å². The molecule has 0 radical (unpaired) electrons. The van der Waals surface area contributed by atoms with Crippen molar-refractivity contribution in [2.45, 2.75) is 26.9 Å². The first-order chi connectivity index (χ1) is 14.2. The third-order valence-electron chi connectivity index (χ3n) is 4.36. The van der Waals surface area contributed by atoms with Gasteiger partial charge in [0.2, 0.25) is 0 Å². The lowest BCUT2D eigenvalue weighted by atomic mass is 10.1. The zero-order valence-corrected chi connectivity index (χ0v) is 19.0. The van der Waals surface area contributed by atoms with Gasteiger partial charge in [0.1, 0.15) is 11.3 Å². The zero-order chi connectivity index (χ0) is 22.0. The highest BCUT2D eigenvalue weighted by molar-refractivity contribution is 7.80. The van der Waals surface area contributed by atoms with Gasteiger partial charge in [0.25, 0.3) is 11.8 Å². The van der Waals surface area contributed by atoms with Crippen molar-refractivity contribution in [3.05, 3.63) is 63.6 Å². The van der Waals surface area contributed by atoms with Gasteiger partial charge in [-0.25, -0.2) is 0 Å². The number of likely N-dealkylation sites (N-methyl/N-ethyl adjacent to an activating group) is 1. The fourth-order valence-electron chi connectivity index (χ4n) is 3.00. The van der Waals surface area contributed by atoms with Gasteiger partial charge in [-0.1, -0.05) is 29.3 Å². The van der Waals surface area contributed by atoms with Crippen LogP contribution in [-0.2, 0) is 9.59 Å². The van der Waals surface area contributed by atoms with E-state index in [0.29, 0.717) is 33.6 Å². The number of hydrogen-bond acceptors (Lipinski definition) is 4. The average Bonchev–Trinajstić information content (AvgIpc) is 2.69.